The number of hydrogen-bond acceptors (Lipinski definition) is 2. The minimum Gasteiger partial charge on any atom is -0.481 e. The van der Waals surface area contributed by atoms with E-state index in [1.54, 1.807) is 0 Å². The molecular formula is C15H20BrNO2. The maximum Gasteiger partial charge on any atom is 0.308 e. The molecule has 0 radical (unpaired) electrons. The summed E-state index contributed by atoms with van der Waals surface area (Å²) in [5, 5.41) is 9.24. The number of benzene rings is 1. The fourth-order valence-corrected chi connectivity index (χ4v) is 3.16. The lowest BCUT2D eigenvalue weighted by Crippen LogP contribution is -2.45. The molecule has 0 aromatic heterocycles. The Balaban J connectivity index is 2.09. The fraction of sp³-hybridized carbons (Fsp3) is 0.533. The van der Waals surface area contributed by atoms with E-state index in [2.05, 4.69) is 46.0 Å². The summed E-state index contributed by atoms with van der Waals surface area (Å²) in [5.41, 5.74) is 2.45. The van der Waals surface area contributed by atoms with Crippen LogP contribution in [0.5, 0.6) is 0 Å². The number of piperidine rings is 1. The van der Waals surface area contributed by atoms with Gasteiger partial charge in [0, 0.05) is 17.1 Å². The summed E-state index contributed by atoms with van der Waals surface area (Å²) in [7, 11) is 0. The molecule has 1 heterocycles. The summed E-state index contributed by atoms with van der Waals surface area (Å²) < 4.78 is 1.12. The molecule has 1 aromatic carbocycles. The third-order valence-corrected chi connectivity index (χ3v) is 4.91. The van der Waals surface area contributed by atoms with Gasteiger partial charge in [0.15, 0.2) is 0 Å². The summed E-state index contributed by atoms with van der Waals surface area (Å²) in [6, 6.07) is 6.46. The van der Waals surface area contributed by atoms with E-state index in [9.17, 15) is 9.90 Å². The van der Waals surface area contributed by atoms with Gasteiger partial charge in [-0.2, -0.15) is 0 Å². The number of halogens is 1. The van der Waals surface area contributed by atoms with E-state index in [1.165, 1.54) is 11.1 Å². The monoisotopic (exact) mass is 325 g/mol. The SMILES string of the molecule is Cc1ccc(CN2CCC[C@@H](C(=O)O)[C@H]2C)cc1Br. The molecule has 3 nitrogen and oxygen atoms in total. The lowest BCUT2D eigenvalue weighted by molar-refractivity contribution is -0.145. The van der Waals surface area contributed by atoms with Crippen LogP contribution in [0.3, 0.4) is 0 Å². The van der Waals surface area contributed by atoms with Crippen LogP contribution in [0.4, 0.5) is 0 Å². The summed E-state index contributed by atoms with van der Waals surface area (Å²) in [6.07, 6.45) is 1.76. The normalized spacial score (nSPS) is 24.4. The fourth-order valence-electron chi connectivity index (χ4n) is 2.74. The molecule has 104 valence electrons. The Morgan fingerprint density at radius 3 is 2.89 bits per heavy atom. The van der Waals surface area contributed by atoms with Crippen LogP contribution in [-0.2, 0) is 11.3 Å². The molecule has 1 N–H and O–H groups in total. The quantitative estimate of drug-likeness (QED) is 0.925. The molecule has 0 saturated carbocycles. The number of carbonyl (C=O) groups is 1. The van der Waals surface area contributed by atoms with Crippen molar-refractivity contribution in [1.82, 2.24) is 4.90 Å². The first-order valence-electron chi connectivity index (χ1n) is 6.71. The minimum atomic E-state index is -0.665. The standard InChI is InChI=1S/C15H20BrNO2/c1-10-5-6-12(8-14(10)16)9-17-7-3-4-13(11(17)2)15(18)19/h5-6,8,11,13H,3-4,7,9H2,1-2H3,(H,18,19)/t11-,13-/m1/s1. The van der Waals surface area contributed by atoms with Crippen molar-refractivity contribution in [3.63, 3.8) is 0 Å². The molecule has 1 fully saturated rings. The first-order chi connectivity index (χ1) is 8.99. The molecule has 0 spiro atoms. The zero-order chi connectivity index (χ0) is 14.0. The van der Waals surface area contributed by atoms with Crippen molar-refractivity contribution < 1.29 is 9.90 Å². The van der Waals surface area contributed by atoms with Crippen molar-refractivity contribution in [1.29, 1.82) is 0 Å². The highest BCUT2D eigenvalue weighted by Crippen LogP contribution is 2.26. The molecule has 0 bridgehead atoms. The summed E-state index contributed by atoms with van der Waals surface area (Å²) in [5.74, 6) is -0.898. The number of aliphatic carboxylic acids is 1. The van der Waals surface area contributed by atoms with Crippen LogP contribution in [-0.4, -0.2) is 28.6 Å². The summed E-state index contributed by atoms with van der Waals surface area (Å²) in [6.45, 7) is 5.90. The van der Waals surface area contributed by atoms with Crippen LogP contribution in [0.25, 0.3) is 0 Å². The van der Waals surface area contributed by atoms with Gasteiger partial charge >= 0.3 is 5.97 Å². The summed E-state index contributed by atoms with van der Waals surface area (Å²) in [4.78, 5) is 13.5. The lowest BCUT2D eigenvalue weighted by atomic mass is 9.90. The summed E-state index contributed by atoms with van der Waals surface area (Å²) >= 11 is 3.55. The number of nitrogens with zero attached hydrogens (tertiary/aromatic N) is 1. The average Bonchev–Trinajstić information content (AvgIpc) is 2.36. The largest absolute Gasteiger partial charge is 0.481 e. The van der Waals surface area contributed by atoms with Gasteiger partial charge in [0.1, 0.15) is 0 Å². The average molecular weight is 326 g/mol. The smallest absolute Gasteiger partial charge is 0.308 e. The van der Waals surface area contributed by atoms with Crippen molar-refractivity contribution >= 4 is 21.9 Å². The van der Waals surface area contributed by atoms with Crippen LogP contribution < -0.4 is 0 Å². The second kappa shape index (κ2) is 6.06. The van der Waals surface area contributed by atoms with E-state index in [4.69, 9.17) is 0 Å². The zero-order valence-electron chi connectivity index (χ0n) is 11.4. The number of carboxylic acid groups (broad SMARTS) is 1. The Hall–Kier alpha value is -0.870. The maximum absolute atomic E-state index is 11.2. The van der Waals surface area contributed by atoms with Gasteiger partial charge in [0.2, 0.25) is 0 Å². The molecular weight excluding hydrogens is 306 g/mol. The van der Waals surface area contributed by atoms with E-state index in [0.717, 1.165) is 30.4 Å². The Morgan fingerprint density at radius 1 is 1.53 bits per heavy atom. The van der Waals surface area contributed by atoms with Gasteiger partial charge < -0.3 is 5.11 Å². The molecule has 1 aliphatic rings. The van der Waals surface area contributed by atoms with E-state index in [1.807, 2.05) is 6.92 Å². The van der Waals surface area contributed by atoms with E-state index >= 15 is 0 Å². The van der Waals surface area contributed by atoms with Crippen molar-refractivity contribution in [2.75, 3.05) is 6.54 Å². The van der Waals surface area contributed by atoms with Gasteiger partial charge in [-0.3, -0.25) is 9.69 Å². The first-order valence-corrected chi connectivity index (χ1v) is 7.50. The number of rotatable bonds is 3. The number of carboxylic acids is 1. The van der Waals surface area contributed by atoms with Gasteiger partial charge in [-0.05, 0) is 50.4 Å². The van der Waals surface area contributed by atoms with Gasteiger partial charge in [-0.1, -0.05) is 28.1 Å². The molecule has 2 atom stereocenters. The van der Waals surface area contributed by atoms with Gasteiger partial charge in [-0.25, -0.2) is 0 Å². The first kappa shape index (κ1) is 14.5. The highest BCUT2D eigenvalue weighted by molar-refractivity contribution is 9.10. The molecule has 19 heavy (non-hydrogen) atoms. The van der Waals surface area contributed by atoms with E-state index in [-0.39, 0.29) is 12.0 Å². The molecule has 0 amide bonds. The Labute approximate surface area is 122 Å². The van der Waals surface area contributed by atoms with Crippen molar-refractivity contribution in [2.45, 2.75) is 39.3 Å². The molecule has 1 aromatic rings. The topological polar surface area (TPSA) is 40.5 Å². The van der Waals surface area contributed by atoms with Gasteiger partial charge in [0.25, 0.3) is 0 Å². The highest BCUT2D eigenvalue weighted by Gasteiger charge is 2.32. The number of aryl methyl sites for hydroxylation is 1. The molecule has 0 aliphatic carbocycles. The van der Waals surface area contributed by atoms with Crippen molar-refractivity contribution in [2.24, 2.45) is 5.92 Å². The lowest BCUT2D eigenvalue weighted by Gasteiger charge is -2.37. The van der Waals surface area contributed by atoms with Crippen molar-refractivity contribution in [3.8, 4) is 0 Å². The molecule has 0 unspecified atom stereocenters. The predicted molar refractivity (Wildman–Crippen MR) is 79.1 cm³/mol. The van der Waals surface area contributed by atoms with Crippen LogP contribution >= 0.6 is 15.9 Å². The van der Waals surface area contributed by atoms with E-state index in [0.29, 0.717) is 0 Å². The third kappa shape index (κ3) is 3.37. The molecule has 4 heteroatoms. The van der Waals surface area contributed by atoms with Crippen LogP contribution in [0, 0.1) is 12.8 Å². The second-order valence-electron chi connectivity index (χ2n) is 5.38. The van der Waals surface area contributed by atoms with Crippen LogP contribution in [0.2, 0.25) is 0 Å². The number of likely N-dealkylation sites (tertiary alicyclic amines) is 1. The highest BCUT2D eigenvalue weighted by atomic mass is 79.9. The Kier molecular flexibility index (Phi) is 4.63. The van der Waals surface area contributed by atoms with Crippen LogP contribution in [0.15, 0.2) is 22.7 Å². The second-order valence-corrected chi connectivity index (χ2v) is 6.24. The zero-order valence-corrected chi connectivity index (χ0v) is 13.0. The van der Waals surface area contributed by atoms with E-state index < -0.39 is 5.97 Å². The molecule has 1 aliphatic heterocycles. The Bertz CT molecular complexity index is 475. The molecule has 1 saturated heterocycles. The Morgan fingerprint density at radius 2 is 2.26 bits per heavy atom. The van der Waals surface area contributed by atoms with Crippen LogP contribution in [0.1, 0.15) is 30.9 Å². The minimum absolute atomic E-state index is 0.103. The number of hydrogen-bond donors (Lipinski definition) is 1. The maximum atomic E-state index is 11.2. The third-order valence-electron chi connectivity index (χ3n) is 4.06. The van der Waals surface area contributed by atoms with Gasteiger partial charge in [-0.15, -0.1) is 0 Å². The van der Waals surface area contributed by atoms with Crippen molar-refractivity contribution in [3.05, 3.63) is 33.8 Å². The predicted octanol–water partition coefficient (Wildman–Crippen LogP) is 3.44. The van der Waals surface area contributed by atoms with Gasteiger partial charge in [0.05, 0.1) is 5.92 Å². The molecule has 2 rings (SSSR count).